The van der Waals surface area contributed by atoms with E-state index < -0.39 is 36.0 Å². The second-order valence-corrected chi connectivity index (χ2v) is 20.5. The third-order valence-electron chi connectivity index (χ3n) is 13.8. The van der Waals surface area contributed by atoms with Gasteiger partial charge in [-0.3, -0.25) is 24.0 Å². The van der Waals surface area contributed by atoms with Crippen LogP contribution < -0.4 is 20.7 Å². The maximum Gasteiger partial charge on any atom is 0.303 e. The maximum atomic E-state index is 14.6. The zero-order valence-electron chi connectivity index (χ0n) is 38.7. The molecule has 3 amide bonds. The van der Waals surface area contributed by atoms with Crippen LogP contribution in [-0.2, 0) is 30.6 Å². The zero-order chi connectivity index (χ0) is 45.1. The molecule has 5 aliphatic rings. The minimum atomic E-state index is -1.08. The van der Waals surface area contributed by atoms with Crippen molar-refractivity contribution in [3.63, 3.8) is 0 Å². The van der Waals surface area contributed by atoms with E-state index in [2.05, 4.69) is 67.3 Å². The molecule has 14 heteroatoms. The molecule has 3 saturated carbocycles. The summed E-state index contributed by atoms with van der Waals surface area (Å²) in [7, 11) is 9.63. The molecule has 4 fully saturated rings. The number of para-hydroxylation sites is 1. The number of hydrogen-bond acceptors (Lipinski definition) is 10. The number of carbonyl (C=O) groups excluding carboxylic acids is 3. The number of rotatable bonds is 18. The van der Waals surface area contributed by atoms with Crippen molar-refractivity contribution in [1.82, 2.24) is 30.8 Å². The molecule has 2 bridgehead atoms. The van der Waals surface area contributed by atoms with Crippen molar-refractivity contribution >= 4 is 29.3 Å². The lowest BCUT2D eigenvalue weighted by Crippen LogP contribution is -2.62. The van der Waals surface area contributed by atoms with Gasteiger partial charge in [0.2, 0.25) is 11.8 Å². The molecular weight excluding hydrogens is 777 g/mol. The lowest BCUT2D eigenvalue weighted by molar-refractivity contribution is -0.177. The van der Waals surface area contributed by atoms with Crippen LogP contribution in [0.15, 0.2) is 35.9 Å². The standard InChI is InChI=1S/C47H74N6O8/c1-27-36-21-32(47(36,6)7)22-37(27)50-45(59)42-41(28(2)54)38(24-48-39(55)16-17-40(56)57)61-53(42)25-29-14-13-15-35(43(29)60-12)30-18-31(20-34(19-30)52(10)11)44(58)49-33(26-51(8)9)23-46(3,4)5/h13-15,18,20,27-28,32-34,36-38,41-42,54H,16-17,19,21-26H2,1-12H3,(H,48,55)(H,49,58)(H,50,59)(H,56,57)/t27-,28-,32+,33-,34?,36-,37-,38-,41+,42-/m0/s1. The number of fused-ring (bicyclic) bond motifs is 2. The van der Waals surface area contributed by atoms with Crippen molar-refractivity contribution in [1.29, 1.82) is 0 Å². The third kappa shape index (κ3) is 11.6. The van der Waals surface area contributed by atoms with E-state index in [9.17, 15) is 24.3 Å². The Hall–Kier alpha value is -3.82. The molecule has 1 aromatic carbocycles. The van der Waals surface area contributed by atoms with E-state index in [1.165, 1.54) is 0 Å². The zero-order valence-corrected chi connectivity index (χ0v) is 38.7. The first kappa shape index (κ1) is 48.2. The summed E-state index contributed by atoms with van der Waals surface area (Å²) < 4.78 is 6.17. The van der Waals surface area contributed by atoms with Gasteiger partial charge in [-0.25, -0.2) is 0 Å². The first-order valence-corrected chi connectivity index (χ1v) is 22.1. The summed E-state index contributed by atoms with van der Waals surface area (Å²) in [5, 5.41) is 31.5. The molecule has 10 atom stereocenters. The number of benzene rings is 1. The largest absolute Gasteiger partial charge is 0.496 e. The summed E-state index contributed by atoms with van der Waals surface area (Å²) in [5.74, 6) is -0.749. The molecule has 1 aliphatic heterocycles. The lowest BCUT2D eigenvalue weighted by Gasteiger charge is -2.62. The summed E-state index contributed by atoms with van der Waals surface area (Å²) >= 11 is 0. The Bertz CT molecular complexity index is 1820. The second kappa shape index (κ2) is 19.7. The quantitative estimate of drug-likeness (QED) is 0.141. The molecule has 0 aromatic heterocycles. The number of hydrogen-bond donors (Lipinski definition) is 5. The fraction of sp³-hybridized carbons (Fsp3) is 0.702. The Kier molecular flexibility index (Phi) is 15.6. The van der Waals surface area contributed by atoms with Gasteiger partial charge in [-0.15, -0.1) is 0 Å². The molecule has 1 saturated heterocycles. The highest BCUT2D eigenvalue weighted by Crippen LogP contribution is 2.61. The van der Waals surface area contributed by atoms with E-state index in [0.29, 0.717) is 36.1 Å². The highest BCUT2D eigenvalue weighted by Gasteiger charge is 2.57. The highest BCUT2D eigenvalue weighted by molar-refractivity contribution is 5.99. The van der Waals surface area contributed by atoms with Crippen LogP contribution in [0.2, 0.25) is 0 Å². The van der Waals surface area contributed by atoms with Crippen molar-refractivity contribution < 1.29 is 39.0 Å². The van der Waals surface area contributed by atoms with Crippen LogP contribution in [-0.4, -0.2) is 134 Å². The molecule has 1 heterocycles. The van der Waals surface area contributed by atoms with Crippen LogP contribution in [0.3, 0.4) is 0 Å². The Morgan fingerprint density at radius 1 is 1.08 bits per heavy atom. The summed E-state index contributed by atoms with van der Waals surface area (Å²) in [5.41, 5.74) is 3.32. The van der Waals surface area contributed by atoms with Crippen molar-refractivity contribution in [2.24, 2.45) is 34.5 Å². The smallest absolute Gasteiger partial charge is 0.303 e. The number of likely N-dealkylation sites (N-methyl/N-ethyl adjacent to an activating group) is 2. The molecule has 0 radical (unpaired) electrons. The molecule has 14 nitrogen and oxygen atoms in total. The second-order valence-electron chi connectivity index (χ2n) is 20.5. The predicted octanol–water partition coefficient (Wildman–Crippen LogP) is 4.47. The average molecular weight is 851 g/mol. The summed E-state index contributed by atoms with van der Waals surface area (Å²) in [6.07, 6.45) is 5.18. The van der Waals surface area contributed by atoms with Gasteiger partial charge in [-0.05, 0) is 101 Å². The van der Waals surface area contributed by atoms with Gasteiger partial charge in [-0.1, -0.05) is 65.8 Å². The highest BCUT2D eigenvalue weighted by atomic mass is 16.7. The number of ether oxygens (including phenoxy) is 1. The molecule has 6 rings (SSSR count). The fourth-order valence-electron chi connectivity index (χ4n) is 10.5. The summed E-state index contributed by atoms with van der Waals surface area (Å²) in [4.78, 5) is 63.2. The minimum Gasteiger partial charge on any atom is -0.496 e. The van der Waals surface area contributed by atoms with Crippen molar-refractivity contribution in [3.05, 3.63) is 47.1 Å². The third-order valence-corrected chi connectivity index (χ3v) is 13.8. The number of nitrogens with one attached hydrogen (secondary N) is 3. The number of methoxy groups -OCH3 is 1. The number of nitrogens with zero attached hydrogens (tertiary/aromatic N) is 3. The van der Waals surface area contributed by atoms with Gasteiger partial charge < -0.3 is 40.7 Å². The molecule has 5 N–H and O–H groups in total. The van der Waals surface area contributed by atoms with Crippen LogP contribution in [0.25, 0.3) is 5.57 Å². The van der Waals surface area contributed by atoms with Gasteiger partial charge in [0.15, 0.2) is 0 Å². The molecule has 61 heavy (non-hydrogen) atoms. The van der Waals surface area contributed by atoms with Crippen LogP contribution in [0, 0.1) is 34.5 Å². The Morgan fingerprint density at radius 3 is 2.36 bits per heavy atom. The maximum absolute atomic E-state index is 14.6. The van der Waals surface area contributed by atoms with E-state index in [1.54, 1.807) is 19.1 Å². The number of carboxylic acids is 1. The molecule has 4 aliphatic carbocycles. The van der Waals surface area contributed by atoms with E-state index in [4.69, 9.17) is 14.7 Å². The van der Waals surface area contributed by atoms with Gasteiger partial charge in [0, 0.05) is 60.3 Å². The van der Waals surface area contributed by atoms with E-state index in [0.717, 1.165) is 36.0 Å². The van der Waals surface area contributed by atoms with Crippen LogP contribution in [0.4, 0.5) is 0 Å². The summed E-state index contributed by atoms with van der Waals surface area (Å²) in [6, 6.07) is 4.79. The summed E-state index contributed by atoms with van der Waals surface area (Å²) in [6.45, 7) is 15.8. The van der Waals surface area contributed by atoms with E-state index in [-0.39, 0.29) is 72.6 Å². The van der Waals surface area contributed by atoms with Crippen LogP contribution in [0.5, 0.6) is 5.75 Å². The van der Waals surface area contributed by atoms with Gasteiger partial charge >= 0.3 is 5.97 Å². The fourth-order valence-corrected chi connectivity index (χ4v) is 10.5. The van der Waals surface area contributed by atoms with Gasteiger partial charge in [0.1, 0.15) is 17.9 Å². The van der Waals surface area contributed by atoms with Gasteiger partial charge in [0.05, 0.1) is 26.2 Å². The SMILES string of the molecule is COc1c(CN2O[C@@H](CNC(=O)CCC(=O)O)[C@@H]([C@H](C)O)[C@H]2C(=O)N[C@H]2C[C@H]3C[C@@H]([C@@H]2C)C3(C)C)cccc1C1=CC(C(=O)N[C@H](CN(C)C)CC(C)(C)C)=CC(N(C)C)C1. The minimum absolute atomic E-state index is 0.0194. The van der Waals surface area contributed by atoms with E-state index >= 15 is 0 Å². The van der Waals surface area contributed by atoms with Gasteiger partial charge in [-0.2, -0.15) is 5.06 Å². The monoisotopic (exact) mass is 851 g/mol. The normalized spacial score (nSPS) is 28.3. The first-order chi connectivity index (χ1) is 28.5. The number of aliphatic carboxylic acids is 1. The molecule has 0 spiro atoms. The average Bonchev–Trinajstić information content (AvgIpc) is 3.53. The topological polar surface area (TPSA) is 173 Å². The first-order valence-electron chi connectivity index (χ1n) is 22.1. The molecule has 1 unspecified atom stereocenters. The molecular formula is C47H74N6O8. The predicted molar refractivity (Wildman–Crippen MR) is 236 cm³/mol. The van der Waals surface area contributed by atoms with Crippen molar-refractivity contribution in [2.45, 2.75) is 130 Å². The molecule has 340 valence electrons. The van der Waals surface area contributed by atoms with Crippen LogP contribution in [0.1, 0.15) is 98.1 Å². The lowest BCUT2D eigenvalue weighted by atomic mass is 9.45. The number of carbonyl (C=O) groups is 4. The van der Waals surface area contributed by atoms with Gasteiger partial charge in [0.25, 0.3) is 5.91 Å². The molecule has 1 aromatic rings. The van der Waals surface area contributed by atoms with Crippen LogP contribution >= 0.6 is 0 Å². The number of hydroxylamine groups is 2. The number of amides is 3. The number of aliphatic hydroxyl groups is 1. The number of carboxylic acid groups (broad SMARTS) is 1. The van der Waals surface area contributed by atoms with Crippen molar-refractivity contribution in [2.75, 3.05) is 48.4 Å². The Balaban J connectivity index is 1.46. The van der Waals surface area contributed by atoms with E-state index in [1.807, 2.05) is 58.5 Å². The Labute approximate surface area is 363 Å². The Morgan fingerprint density at radius 2 is 1.79 bits per heavy atom. The number of aliphatic hydroxyl groups excluding tert-OH is 1. The van der Waals surface area contributed by atoms with Crippen molar-refractivity contribution in [3.8, 4) is 5.75 Å².